The first-order chi connectivity index (χ1) is 12.2. The van der Waals surface area contributed by atoms with Gasteiger partial charge in [0.2, 0.25) is 0 Å². The highest BCUT2D eigenvalue weighted by Gasteiger charge is 2.54. The van der Waals surface area contributed by atoms with Gasteiger partial charge in [-0.1, -0.05) is 0 Å². The van der Waals surface area contributed by atoms with Crippen LogP contribution in [-0.2, 0) is 28.0 Å². The van der Waals surface area contributed by atoms with E-state index in [-0.39, 0.29) is 13.2 Å². The van der Waals surface area contributed by atoms with Crippen molar-refractivity contribution in [2.45, 2.75) is 48.6 Å². The van der Waals surface area contributed by atoms with Crippen molar-refractivity contribution < 1.29 is 48.0 Å². The summed E-state index contributed by atoms with van der Waals surface area (Å²) >= 11 is 0. The number of aliphatic hydroxyl groups is 2. The van der Waals surface area contributed by atoms with Crippen LogP contribution < -0.4 is 0 Å². The highest BCUT2D eigenvalue weighted by Crippen LogP contribution is 2.55. The third-order valence-electron chi connectivity index (χ3n) is 4.20. The predicted octanol–water partition coefficient (Wildman–Crippen LogP) is -3.16. The normalized spacial score (nSPS) is 40.8. The monoisotopic (exact) mass is 390 g/mol. The van der Waals surface area contributed by atoms with Gasteiger partial charge in [-0.15, -0.1) is 4.52 Å². The highest BCUT2D eigenvalue weighted by atomic mass is 31.2. The first-order valence-corrected chi connectivity index (χ1v) is 9.44. The summed E-state index contributed by atoms with van der Waals surface area (Å²) in [6.07, 6.45) is -5.89. The molecule has 2 aliphatic heterocycles. The second-order valence-electron chi connectivity index (χ2n) is 5.96. The van der Waals surface area contributed by atoms with Crippen LogP contribution in [0.2, 0.25) is 0 Å². The standard InChI is InChI=1S/C12H22B3O10P/c1-20-3-5-10(7(16)11(13)23-5)25-26(18,19)22-4-6-9(21-2)8(17)12(15-14)24-6/h5-12,16-19H,3-4H2,1-2H3/q+1. The molecule has 4 N–H and O–H groups in total. The van der Waals surface area contributed by atoms with E-state index in [9.17, 15) is 20.0 Å². The Hall–Kier alpha value is 0.225. The Morgan fingerprint density at radius 3 is 2.27 bits per heavy atom. The van der Waals surface area contributed by atoms with Crippen LogP contribution in [0.3, 0.4) is 0 Å². The minimum absolute atomic E-state index is 0.0210. The second-order valence-corrected chi connectivity index (χ2v) is 7.41. The lowest BCUT2D eigenvalue weighted by Crippen LogP contribution is -2.39. The fourth-order valence-corrected chi connectivity index (χ4v) is 3.89. The number of ether oxygens (including phenoxy) is 4. The van der Waals surface area contributed by atoms with Crippen LogP contribution in [0.15, 0.2) is 0 Å². The minimum Gasteiger partial charge on any atom is -0.388 e. The van der Waals surface area contributed by atoms with Crippen molar-refractivity contribution in [3.8, 4) is 0 Å². The van der Waals surface area contributed by atoms with E-state index in [1.165, 1.54) is 14.2 Å². The van der Waals surface area contributed by atoms with Gasteiger partial charge in [0.15, 0.2) is 6.10 Å². The molecule has 0 spiro atoms. The number of methoxy groups -OCH3 is 2. The quantitative estimate of drug-likeness (QED) is 0.236. The molecule has 14 heteroatoms. The lowest BCUT2D eigenvalue weighted by Gasteiger charge is -2.22. The van der Waals surface area contributed by atoms with Gasteiger partial charge in [0.25, 0.3) is 0 Å². The van der Waals surface area contributed by atoms with Crippen LogP contribution >= 0.6 is 8.17 Å². The molecule has 5 radical (unpaired) electrons. The van der Waals surface area contributed by atoms with Gasteiger partial charge in [-0.2, -0.15) is 14.3 Å². The maximum atomic E-state index is 10.1. The van der Waals surface area contributed by atoms with E-state index in [0.29, 0.717) is 0 Å². The molecule has 2 saturated heterocycles. The molecule has 0 aromatic heterocycles. The first-order valence-electron chi connectivity index (χ1n) is 7.91. The number of hydrogen-bond donors (Lipinski definition) is 4. The average Bonchev–Trinajstić information content (AvgIpc) is 3.04. The van der Waals surface area contributed by atoms with Crippen LogP contribution in [0, 0.1) is 0 Å². The lowest BCUT2D eigenvalue weighted by atomic mass is 9.50. The van der Waals surface area contributed by atoms with E-state index in [1.54, 1.807) is 0 Å². The van der Waals surface area contributed by atoms with E-state index in [0.717, 1.165) is 7.17 Å². The maximum Gasteiger partial charge on any atom is 0.570 e. The number of rotatable bonds is 9. The maximum absolute atomic E-state index is 10.1. The first kappa shape index (κ1) is 22.5. The number of hydrogen-bond acceptors (Lipinski definition) is 10. The zero-order valence-corrected chi connectivity index (χ0v) is 15.3. The summed E-state index contributed by atoms with van der Waals surface area (Å²) in [6, 6.07) is -1.85. The van der Waals surface area contributed by atoms with Gasteiger partial charge in [0.1, 0.15) is 45.0 Å². The molecular weight excluding hydrogens is 368 g/mol. The summed E-state index contributed by atoms with van der Waals surface area (Å²) in [7, 11) is 10.5. The smallest absolute Gasteiger partial charge is 0.388 e. The summed E-state index contributed by atoms with van der Waals surface area (Å²) in [6.45, 7) is -0.335. The van der Waals surface area contributed by atoms with Crippen molar-refractivity contribution in [2.75, 3.05) is 27.4 Å². The molecule has 8 unspecified atom stereocenters. The Morgan fingerprint density at radius 2 is 1.69 bits per heavy atom. The van der Waals surface area contributed by atoms with Gasteiger partial charge >= 0.3 is 8.17 Å². The van der Waals surface area contributed by atoms with Crippen LogP contribution in [0.1, 0.15) is 0 Å². The minimum atomic E-state index is -4.36. The average molecular weight is 390 g/mol. The molecule has 8 atom stereocenters. The molecule has 10 nitrogen and oxygen atoms in total. The molecular formula is C12H22B3O10P+. The largest absolute Gasteiger partial charge is 0.570 e. The third kappa shape index (κ3) is 5.18. The van der Waals surface area contributed by atoms with Gasteiger partial charge in [0, 0.05) is 34.0 Å². The zero-order chi connectivity index (χ0) is 19.5. The molecule has 2 fully saturated rings. The molecule has 0 saturated carbocycles. The molecule has 143 valence electrons. The fraction of sp³-hybridized carbons (Fsp3) is 1.00. The Morgan fingerprint density at radius 1 is 1.04 bits per heavy atom. The Labute approximate surface area is 155 Å². The molecule has 0 aromatic carbocycles. The van der Waals surface area contributed by atoms with E-state index < -0.39 is 56.8 Å². The summed E-state index contributed by atoms with van der Waals surface area (Å²) in [5.41, 5.74) is 0. The molecule has 0 aliphatic carbocycles. The molecule has 2 heterocycles. The summed E-state index contributed by atoms with van der Waals surface area (Å²) < 4.78 is 30.9. The van der Waals surface area contributed by atoms with E-state index in [4.69, 9.17) is 43.6 Å². The van der Waals surface area contributed by atoms with E-state index in [1.807, 2.05) is 0 Å². The number of aliphatic hydroxyl groups excluding tert-OH is 2. The molecule has 0 amide bonds. The van der Waals surface area contributed by atoms with E-state index >= 15 is 0 Å². The highest BCUT2D eigenvalue weighted by molar-refractivity contribution is 7.54. The second kappa shape index (κ2) is 9.62. The van der Waals surface area contributed by atoms with Crippen molar-refractivity contribution in [3.63, 3.8) is 0 Å². The van der Waals surface area contributed by atoms with E-state index in [2.05, 4.69) is 0 Å². The van der Waals surface area contributed by atoms with Crippen LogP contribution in [0.4, 0.5) is 0 Å². The molecule has 0 aromatic rings. The fourth-order valence-electron chi connectivity index (χ4n) is 2.91. The van der Waals surface area contributed by atoms with Crippen LogP contribution in [-0.4, -0.2) is 119 Å². The van der Waals surface area contributed by atoms with Crippen molar-refractivity contribution >= 4 is 30.9 Å². The van der Waals surface area contributed by atoms with Crippen molar-refractivity contribution in [3.05, 3.63) is 0 Å². The summed E-state index contributed by atoms with van der Waals surface area (Å²) in [5.74, 6) is 0. The zero-order valence-electron chi connectivity index (χ0n) is 14.5. The Kier molecular flexibility index (Phi) is 8.33. The molecule has 26 heavy (non-hydrogen) atoms. The van der Waals surface area contributed by atoms with Crippen LogP contribution in [0.25, 0.3) is 0 Å². The molecule has 2 aliphatic rings. The lowest BCUT2D eigenvalue weighted by molar-refractivity contribution is -0.0529. The van der Waals surface area contributed by atoms with Crippen LogP contribution in [0.5, 0.6) is 0 Å². The molecule has 2 rings (SSSR count). The Bertz CT molecular complexity index is 449. The third-order valence-corrected chi connectivity index (χ3v) is 5.21. The topological polar surface area (TPSA) is 136 Å². The summed E-state index contributed by atoms with van der Waals surface area (Å²) in [4.78, 5) is 20.1. The van der Waals surface area contributed by atoms with Crippen molar-refractivity contribution in [1.82, 2.24) is 0 Å². The van der Waals surface area contributed by atoms with Crippen molar-refractivity contribution in [1.29, 1.82) is 0 Å². The Balaban J connectivity index is 1.93. The summed E-state index contributed by atoms with van der Waals surface area (Å²) in [5, 5.41) is 20.0. The van der Waals surface area contributed by atoms with Gasteiger partial charge in [0.05, 0.1) is 13.8 Å². The van der Waals surface area contributed by atoms with Gasteiger partial charge in [-0.25, -0.2) is 0 Å². The van der Waals surface area contributed by atoms with Crippen molar-refractivity contribution in [2.24, 2.45) is 0 Å². The van der Waals surface area contributed by atoms with Gasteiger partial charge in [-0.3, -0.25) is 0 Å². The van der Waals surface area contributed by atoms with Gasteiger partial charge < -0.3 is 29.2 Å². The molecule has 0 bridgehead atoms. The SMILES string of the molecule is [B][B]C1OC(CO[P+](O)(O)OC2C(COC)OC([B])C2O)C(OC)C1O. The van der Waals surface area contributed by atoms with Gasteiger partial charge in [-0.05, 0) is 0 Å². The predicted molar refractivity (Wildman–Crippen MR) is 91.5 cm³/mol.